The van der Waals surface area contributed by atoms with Gasteiger partial charge < -0.3 is 9.80 Å². The zero-order valence-corrected chi connectivity index (χ0v) is 11.8. The molecule has 15 heavy (non-hydrogen) atoms. The molecule has 0 aromatic heterocycles. The number of piperidine rings is 1. The lowest BCUT2D eigenvalue weighted by atomic mass is 9.81. The highest BCUT2D eigenvalue weighted by atomic mass is 15.2. The number of nitrogens with zero attached hydrogens (tertiary/aromatic N) is 2. The van der Waals surface area contributed by atoms with E-state index in [1.165, 1.54) is 25.9 Å². The zero-order chi connectivity index (χ0) is 12.1. The van der Waals surface area contributed by atoms with Crippen molar-refractivity contribution in [1.29, 1.82) is 0 Å². The quantitative estimate of drug-likeness (QED) is 0.697. The molecule has 1 saturated heterocycles. The summed E-state index contributed by atoms with van der Waals surface area (Å²) in [5, 5.41) is 0. The molecule has 1 heterocycles. The van der Waals surface area contributed by atoms with Gasteiger partial charge in [0.2, 0.25) is 0 Å². The van der Waals surface area contributed by atoms with Crippen LogP contribution in [0.15, 0.2) is 0 Å². The summed E-state index contributed by atoms with van der Waals surface area (Å²) in [7, 11) is 6.61. The van der Waals surface area contributed by atoms with Crippen LogP contribution in [0.3, 0.4) is 0 Å². The van der Waals surface area contributed by atoms with Crippen molar-refractivity contribution in [3.05, 3.63) is 0 Å². The van der Waals surface area contributed by atoms with E-state index >= 15 is 0 Å². The second-order valence-electron chi connectivity index (χ2n) is 5.15. The topological polar surface area (TPSA) is 6.48 Å². The Hall–Kier alpha value is -0.0800. The molecule has 1 fully saturated rings. The van der Waals surface area contributed by atoms with Gasteiger partial charge in [0.1, 0.15) is 0 Å². The molecule has 0 bridgehead atoms. The van der Waals surface area contributed by atoms with E-state index in [1.807, 2.05) is 13.8 Å². The standard InChI is InChI=1S/C11H24N2.C2H6/c1-11(2,12(3)4)10-7-6-8-13(5)9-10;1-2/h10H,6-9H2,1-5H3;1-2H3. The van der Waals surface area contributed by atoms with Crippen LogP contribution in [0.25, 0.3) is 0 Å². The number of rotatable bonds is 2. The summed E-state index contributed by atoms with van der Waals surface area (Å²) in [5.41, 5.74) is 0.342. The molecule has 0 aromatic rings. The van der Waals surface area contributed by atoms with E-state index in [4.69, 9.17) is 0 Å². The number of likely N-dealkylation sites (tertiary alicyclic amines) is 1. The molecule has 0 aromatic carbocycles. The van der Waals surface area contributed by atoms with Crippen molar-refractivity contribution in [3.63, 3.8) is 0 Å². The molecule has 1 rings (SSSR count). The molecule has 0 radical (unpaired) electrons. The summed E-state index contributed by atoms with van der Waals surface area (Å²) in [6.45, 7) is 11.2. The van der Waals surface area contributed by atoms with Gasteiger partial charge in [0.05, 0.1) is 0 Å². The van der Waals surface area contributed by atoms with Crippen LogP contribution in [0.5, 0.6) is 0 Å². The van der Waals surface area contributed by atoms with Gasteiger partial charge in [0.15, 0.2) is 0 Å². The van der Waals surface area contributed by atoms with E-state index in [2.05, 4.69) is 44.8 Å². The van der Waals surface area contributed by atoms with E-state index in [0.29, 0.717) is 5.54 Å². The molecule has 1 atom stereocenters. The van der Waals surface area contributed by atoms with Gasteiger partial charge in [-0.15, -0.1) is 0 Å². The average molecular weight is 214 g/mol. The van der Waals surface area contributed by atoms with Gasteiger partial charge in [-0.2, -0.15) is 0 Å². The molecule has 1 aliphatic rings. The third kappa shape index (κ3) is 4.12. The fourth-order valence-corrected chi connectivity index (χ4v) is 2.11. The summed E-state index contributed by atoms with van der Waals surface area (Å²) in [5.74, 6) is 0.821. The Morgan fingerprint density at radius 2 is 1.73 bits per heavy atom. The first-order valence-corrected chi connectivity index (χ1v) is 6.30. The van der Waals surface area contributed by atoms with Gasteiger partial charge in [0, 0.05) is 12.1 Å². The summed E-state index contributed by atoms with van der Waals surface area (Å²) >= 11 is 0. The molecular formula is C13H30N2. The van der Waals surface area contributed by atoms with Crippen LogP contribution in [0.4, 0.5) is 0 Å². The molecule has 0 spiro atoms. The fourth-order valence-electron chi connectivity index (χ4n) is 2.11. The van der Waals surface area contributed by atoms with Crippen LogP contribution < -0.4 is 0 Å². The third-order valence-electron chi connectivity index (χ3n) is 3.78. The summed E-state index contributed by atoms with van der Waals surface area (Å²) in [6.07, 6.45) is 2.74. The van der Waals surface area contributed by atoms with Crippen LogP contribution in [-0.2, 0) is 0 Å². The minimum atomic E-state index is 0.342. The predicted molar refractivity (Wildman–Crippen MR) is 69.3 cm³/mol. The highest BCUT2D eigenvalue weighted by molar-refractivity contribution is 4.89. The molecule has 0 aliphatic carbocycles. The third-order valence-corrected chi connectivity index (χ3v) is 3.78. The van der Waals surface area contributed by atoms with E-state index in [-0.39, 0.29) is 0 Å². The first kappa shape index (κ1) is 14.9. The Bertz CT molecular complexity index is 164. The van der Waals surface area contributed by atoms with E-state index in [1.54, 1.807) is 0 Å². The Balaban J connectivity index is 0.000000921. The van der Waals surface area contributed by atoms with Crippen LogP contribution in [-0.4, -0.2) is 49.6 Å². The highest BCUT2D eigenvalue weighted by Crippen LogP contribution is 2.29. The van der Waals surface area contributed by atoms with Crippen molar-refractivity contribution in [1.82, 2.24) is 9.80 Å². The minimum Gasteiger partial charge on any atom is -0.306 e. The van der Waals surface area contributed by atoms with Crippen molar-refractivity contribution < 1.29 is 0 Å². The lowest BCUT2D eigenvalue weighted by Gasteiger charge is -2.44. The minimum absolute atomic E-state index is 0.342. The first-order chi connectivity index (χ1) is 6.94. The number of hydrogen-bond donors (Lipinski definition) is 0. The molecule has 2 nitrogen and oxygen atoms in total. The average Bonchev–Trinajstić information content (AvgIpc) is 2.20. The van der Waals surface area contributed by atoms with Crippen LogP contribution in [0.2, 0.25) is 0 Å². The van der Waals surface area contributed by atoms with Crippen molar-refractivity contribution >= 4 is 0 Å². The van der Waals surface area contributed by atoms with Crippen LogP contribution in [0.1, 0.15) is 40.5 Å². The second kappa shape index (κ2) is 6.49. The lowest BCUT2D eigenvalue weighted by Crippen LogP contribution is -2.51. The SMILES string of the molecule is CC.CN1CCCC(C(C)(C)N(C)C)C1. The first-order valence-electron chi connectivity index (χ1n) is 6.30. The highest BCUT2D eigenvalue weighted by Gasteiger charge is 2.33. The molecule has 0 N–H and O–H groups in total. The maximum absolute atomic E-state index is 2.46. The Morgan fingerprint density at radius 3 is 2.13 bits per heavy atom. The molecule has 92 valence electrons. The van der Waals surface area contributed by atoms with E-state index in [0.717, 1.165) is 5.92 Å². The molecule has 1 aliphatic heterocycles. The predicted octanol–water partition coefficient (Wildman–Crippen LogP) is 2.69. The van der Waals surface area contributed by atoms with Gasteiger partial charge in [-0.25, -0.2) is 0 Å². The van der Waals surface area contributed by atoms with Gasteiger partial charge in [-0.1, -0.05) is 13.8 Å². The molecule has 0 amide bonds. The van der Waals surface area contributed by atoms with Gasteiger partial charge in [-0.05, 0) is 60.3 Å². The fraction of sp³-hybridized carbons (Fsp3) is 1.00. The van der Waals surface area contributed by atoms with E-state index in [9.17, 15) is 0 Å². The van der Waals surface area contributed by atoms with Crippen molar-refractivity contribution in [2.75, 3.05) is 34.2 Å². The largest absolute Gasteiger partial charge is 0.306 e. The summed E-state index contributed by atoms with van der Waals surface area (Å²) in [4.78, 5) is 4.82. The van der Waals surface area contributed by atoms with E-state index < -0.39 is 0 Å². The summed E-state index contributed by atoms with van der Waals surface area (Å²) in [6, 6.07) is 0. The zero-order valence-electron chi connectivity index (χ0n) is 11.8. The maximum Gasteiger partial charge on any atom is 0.0187 e. The lowest BCUT2D eigenvalue weighted by molar-refractivity contribution is 0.0608. The monoisotopic (exact) mass is 214 g/mol. The smallest absolute Gasteiger partial charge is 0.0187 e. The Labute approximate surface area is 96.6 Å². The van der Waals surface area contributed by atoms with Crippen molar-refractivity contribution in [3.8, 4) is 0 Å². The number of hydrogen-bond acceptors (Lipinski definition) is 2. The second-order valence-corrected chi connectivity index (χ2v) is 5.15. The Morgan fingerprint density at radius 1 is 1.20 bits per heavy atom. The van der Waals surface area contributed by atoms with Crippen LogP contribution in [0, 0.1) is 5.92 Å². The molecular weight excluding hydrogens is 184 g/mol. The molecule has 1 unspecified atom stereocenters. The molecule has 2 heteroatoms. The van der Waals surface area contributed by atoms with Gasteiger partial charge in [-0.3, -0.25) is 0 Å². The Kier molecular flexibility index (Phi) is 6.46. The maximum atomic E-state index is 2.46. The van der Waals surface area contributed by atoms with Crippen LogP contribution >= 0.6 is 0 Å². The van der Waals surface area contributed by atoms with Gasteiger partial charge >= 0.3 is 0 Å². The summed E-state index contributed by atoms with van der Waals surface area (Å²) < 4.78 is 0. The van der Waals surface area contributed by atoms with Crippen molar-refractivity contribution in [2.45, 2.75) is 46.1 Å². The van der Waals surface area contributed by atoms with Gasteiger partial charge in [0.25, 0.3) is 0 Å². The normalized spacial score (nSPS) is 23.6. The molecule has 0 saturated carbocycles. The van der Waals surface area contributed by atoms with Crippen molar-refractivity contribution in [2.24, 2.45) is 5.92 Å².